The number of carbonyl (C=O) groups excluding carboxylic acids is 1. The van der Waals surface area contributed by atoms with Crippen LogP contribution in [0.25, 0.3) is 17.3 Å². The number of ether oxygens (including phenoxy) is 2. The maximum atomic E-state index is 12.3. The summed E-state index contributed by atoms with van der Waals surface area (Å²) in [5.41, 5.74) is 2.17. The van der Waals surface area contributed by atoms with Gasteiger partial charge in [0.1, 0.15) is 0 Å². The smallest absolute Gasteiger partial charge is 0.269 e. The number of amides is 1. The maximum Gasteiger partial charge on any atom is 0.269 e. The van der Waals surface area contributed by atoms with E-state index in [0.29, 0.717) is 34.8 Å². The van der Waals surface area contributed by atoms with Gasteiger partial charge in [-0.25, -0.2) is 4.98 Å². The van der Waals surface area contributed by atoms with E-state index in [9.17, 15) is 14.9 Å². The number of methoxy groups -OCH3 is 1. The number of carbonyl (C=O) groups is 1. The molecule has 1 amide bonds. The van der Waals surface area contributed by atoms with Gasteiger partial charge in [0.2, 0.25) is 5.91 Å². The molecule has 0 aliphatic carbocycles. The van der Waals surface area contributed by atoms with Crippen molar-refractivity contribution in [3.05, 3.63) is 69.6 Å². The van der Waals surface area contributed by atoms with E-state index in [1.54, 1.807) is 30.7 Å². The number of anilines is 1. The van der Waals surface area contributed by atoms with Crippen molar-refractivity contribution in [2.24, 2.45) is 5.92 Å². The number of benzene rings is 2. The van der Waals surface area contributed by atoms with Gasteiger partial charge in [-0.1, -0.05) is 19.9 Å². The molecule has 0 aliphatic rings. The highest BCUT2D eigenvalue weighted by Gasteiger charge is 2.10. The molecule has 172 valence electrons. The molecule has 3 rings (SSSR count). The monoisotopic (exact) mass is 467 g/mol. The molecule has 0 saturated carbocycles. The van der Waals surface area contributed by atoms with Crippen LogP contribution in [-0.2, 0) is 4.79 Å². The Bertz CT molecular complexity index is 1140. The number of hydrogen-bond donors (Lipinski definition) is 1. The van der Waals surface area contributed by atoms with Crippen LogP contribution in [0.5, 0.6) is 11.5 Å². The zero-order valence-electron chi connectivity index (χ0n) is 18.6. The first-order valence-corrected chi connectivity index (χ1v) is 11.2. The average Bonchev–Trinajstić information content (AvgIpc) is 3.26. The molecule has 0 saturated heterocycles. The number of nitro benzene ring substituents is 1. The highest BCUT2D eigenvalue weighted by molar-refractivity contribution is 7.14. The fraction of sp³-hybridized carbons (Fsp3) is 0.250. The Morgan fingerprint density at radius 1 is 1.21 bits per heavy atom. The molecule has 0 bridgehead atoms. The van der Waals surface area contributed by atoms with Crippen LogP contribution in [-0.4, -0.2) is 29.5 Å². The van der Waals surface area contributed by atoms with Crippen LogP contribution < -0.4 is 14.8 Å². The second-order valence-electron chi connectivity index (χ2n) is 7.61. The Kier molecular flexibility index (Phi) is 8.15. The molecule has 1 aromatic heterocycles. The normalized spacial score (nSPS) is 11.0. The van der Waals surface area contributed by atoms with Crippen molar-refractivity contribution in [2.75, 3.05) is 19.0 Å². The molecule has 1 N–H and O–H groups in total. The first-order chi connectivity index (χ1) is 15.9. The van der Waals surface area contributed by atoms with E-state index in [1.807, 2.05) is 18.2 Å². The first kappa shape index (κ1) is 23.9. The number of non-ortho nitro benzene ring substituents is 1. The van der Waals surface area contributed by atoms with E-state index >= 15 is 0 Å². The van der Waals surface area contributed by atoms with Crippen molar-refractivity contribution in [2.45, 2.75) is 20.3 Å². The summed E-state index contributed by atoms with van der Waals surface area (Å²) >= 11 is 1.28. The van der Waals surface area contributed by atoms with Crippen molar-refractivity contribution in [3.8, 4) is 22.8 Å². The maximum absolute atomic E-state index is 12.3. The highest BCUT2D eigenvalue weighted by atomic mass is 32.1. The molecule has 0 fully saturated rings. The SMILES string of the molecule is COc1cc(C=CC(=O)Nc2nc(-c3ccc([N+](=O)[O-])cc3)cs2)ccc1OCCC(C)C. The minimum atomic E-state index is -0.453. The lowest BCUT2D eigenvalue weighted by molar-refractivity contribution is -0.384. The van der Waals surface area contributed by atoms with Crippen molar-refractivity contribution < 1.29 is 19.2 Å². The van der Waals surface area contributed by atoms with E-state index < -0.39 is 4.92 Å². The molecular weight excluding hydrogens is 442 g/mol. The molecule has 3 aromatic rings. The number of rotatable bonds is 10. The number of nitro groups is 1. The van der Waals surface area contributed by atoms with Crippen LogP contribution in [0.1, 0.15) is 25.8 Å². The van der Waals surface area contributed by atoms with E-state index in [1.165, 1.54) is 29.5 Å². The molecular formula is C24H25N3O5S. The lowest BCUT2D eigenvalue weighted by Crippen LogP contribution is -2.07. The van der Waals surface area contributed by atoms with Crippen molar-refractivity contribution in [1.29, 1.82) is 0 Å². The quantitative estimate of drug-likeness (QED) is 0.229. The second-order valence-corrected chi connectivity index (χ2v) is 8.46. The van der Waals surface area contributed by atoms with Gasteiger partial charge >= 0.3 is 0 Å². The predicted octanol–water partition coefficient (Wildman–Crippen LogP) is 5.80. The largest absolute Gasteiger partial charge is 0.493 e. The van der Waals surface area contributed by atoms with E-state index in [4.69, 9.17) is 9.47 Å². The fourth-order valence-electron chi connectivity index (χ4n) is 2.85. The summed E-state index contributed by atoms with van der Waals surface area (Å²) in [7, 11) is 1.58. The van der Waals surface area contributed by atoms with Crippen LogP contribution in [0.2, 0.25) is 0 Å². The fourth-order valence-corrected chi connectivity index (χ4v) is 3.57. The zero-order valence-corrected chi connectivity index (χ0v) is 19.4. The van der Waals surface area contributed by atoms with Gasteiger partial charge in [-0.05, 0) is 48.2 Å². The third kappa shape index (κ3) is 6.88. The number of thiazole rings is 1. The summed E-state index contributed by atoms with van der Waals surface area (Å²) in [5, 5.41) is 15.7. The van der Waals surface area contributed by atoms with Gasteiger partial charge in [0, 0.05) is 29.2 Å². The highest BCUT2D eigenvalue weighted by Crippen LogP contribution is 2.29. The standard InChI is InChI=1S/C24H25N3O5S/c1-16(2)12-13-32-21-10-4-17(14-22(21)31-3)5-11-23(28)26-24-25-20(15-33-24)18-6-8-19(9-7-18)27(29)30/h4-11,14-16H,12-13H2,1-3H3,(H,25,26,28). The van der Waals surface area contributed by atoms with Gasteiger partial charge in [0.05, 0.1) is 24.3 Å². The predicted molar refractivity (Wildman–Crippen MR) is 130 cm³/mol. The van der Waals surface area contributed by atoms with Crippen LogP contribution in [0.3, 0.4) is 0 Å². The third-order valence-corrected chi connectivity index (χ3v) is 5.43. The Labute approximate surface area is 196 Å². The first-order valence-electron chi connectivity index (χ1n) is 10.4. The van der Waals surface area contributed by atoms with Crippen molar-refractivity contribution in [1.82, 2.24) is 4.98 Å². The van der Waals surface area contributed by atoms with Crippen LogP contribution in [0.15, 0.2) is 53.9 Å². The molecule has 1 heterocycles. The second kappa shape index (κ2) is 11.2. The summed E-state index contributed by atoms with van der Waals surface area (Å²) in [4.78, 5) is 27.0. The number of nitrogens with zero attached hydrogens (tertiary/aromatic N) is 2. The van der Waals surface area contributed by atoms with Crippen molar-refractivity contribution >= 4 is 34.1 Å². The van der Waals surface area contributed by atoms with E-state index in [-0.39, 0.29) is 11.6 Å². The Balaban J connectivity index is 1.60. The van der Waals surface area contributed by atoms with Crippen molar-refractivity contribution in [3.63, 3.8) is 0 Å². The van der Waals surface area contributed by atoms with Gasteiger partial charge < -0.3 is 9.47 Å². The van der Waals surface area contributed by atoms with Gasteiger partial charge in [-0.3, -0.25) is 20.2 Å². The van der Waals surface area contributed by atoms with Crippen LogP contribution in [0.4, 0.5) is 10.8 Å². The van der Waals surface area contributed by atoms with Gasteiger partial charge in [0.25, 0.3) is 5.69 Å². The molecule has 33 heavy (non-hydrogen) atoms. The van der Waals surface area contributed by atoms with Crippen LogP contribution in [0, 0.1) is 16.0 Å². The van der Waals surface area contributed by atoms with Gasteiger partial charge in [-0.2, -0.15) is 0 Å². The minimum Gasteiger partial charge on any atom is -0.493 e. The lowest BCUT2D eigenvalue weighted by atomic mass is 10.1. The van der Waals surface area contributed by atoms with Gasteiger partial charge in [-0.15, -0.1) is 11.3 Å². The summed E-state index contributed by atoms with van der Waals surface area (Å²) in [6.45, 7) is 4.89. The summed E-state index contributed by atoms with van der Waals surface area (Å²) < 4.78 is 11.2. The van der Waals surface area contributed by atoms with E-state index in [0.717, 1.165) is 17.5 Å². The molecule has 0 atom stereocenters. The molecule has 0 aliphatic heterocycles. The van der Waals surface area contributed by atoms with Gasteiger partial charge in [0.15, 0.2) is 16.6 Å². The summed E-state index contributed by atoms with van der Waals surface area (Å²) in [5.74, 6) is 1.51. The molecule has 2 aromatic carbocycles. The minimum absolute atomic E-state index is 0.0134. The molecule has 8 nitrogen and oxygen atoms in total. The Morgan fingerprint density at radius 3 is 2.64 bits per heavy atom. The Morgan fingerprint density at radius 2 is 1.97 bits per heavy atom. The lowest BCUT2D eigenvalue weighted by Gasteiger charge is -2.12. The molecule has 0 radical (unpaired) electrons. The topological polar surface area (TPSA) is 104 Å². The number of nitrogens with one attached hydrogen (secondary N) is 1. The number of hydrogen-bond acceptors (Lipinski definition) is 7. The third-order valence-electron chi connectivity index (χ3n) is 4.68. The Hall–Kier alpha value is -3.72. The van der Waals surface area contributed by atoms with Crippen LogP contribution >= 0.6 is 11.3 Å². The van der Waals surface area contributed by atoms with E-state index in [2.05, 4.69) is 24.1 Å². The molecule has 0 spiro atoms. The molecule has 0 unspecified atom stereocenters. The average molecular weight is 468 g/mol. The summed E-state index contributed by atoms with van der Waals surface area (Å²) in [6, 6.07) is 11.6. The molecule has 9 heteroatoms. The number of aromatic nitrogens is 1. The summed E-state index contributed by atoms with van der Waals surface area (Å²) in [6.07, 6.45) is 4.05. The zero-order chi connectivity index (χ0) is 23.8.